The molecule has 2 aromatic rings. The minimum atomic E-state index is -1.88. The van der Waals surface area contributed by atoms with Crippen molar-refractivity contribution in [3.8, 4) is 5.75 Å². The Balaban J connectivity index is 1.08. The molecule has 0 saturated carbocycles. The number of hydrogen-bond donors (Lipinski definition) is 9. The SMILES string of the molecule is CC(=O)O[C@H](CCC/C=C/C=C/C=C/C=C/C=C/c1ccc(O[C@@H]2O[C@H](CO[C@@H]3O[C@@H](C)[C@H](O)[C@@H](O[C@@H]4O[C@H](COC(=O)/C=C/c5ccccc5)[C@@H](O)[C@H](O)[C@H]4O)[C@H]3O)[C@@H](O)[C@H](O)[C@H]2O)cc1)C(=O)O. The van der Waals surface area contributed by atoms with Crippen LogP contribution in [0.15, 0.2) is 115 Å². The van der Waals surface area contributed by atoms with Gasteiger partial charge in [-0.15, -0.1) is 0 Å². The van der Waals surface area contributed by atoms with E-state index in [1.54, 1.807) is 48.5 Å². The topological polar surface area (TPSA) is 307 Å². The van der Waals surface area contributed by atoms with Crippen LogP contribution in [-0.4, -0.2) is 175 Å². The molecule has 70 heavy (non-hydrogen) atoms. The fraction of sp³-hybridized carbons (Fsp3) is 0.460. The predicted octanol–water partition coefficient (Wildman–Crippen LogP) is 1.23. The number of allylic oxidation sites excluding steroid dienone is 9. The van der Waals surface area contributed by atoms with Crippen LogP contribution in [0.4, 0.5) is 0 Å². The summed E-state index contributed by atoms with van der Waals surface area (Å²) in [5.41, 5.74) is 1.53. The van der Waals surface area contributed by atoms with Gasteiger partial charge in [-0.05, 0) is 55.5 Å². The highest BCUT2D eigenvalue weighted by Gasteiger charge is 2.51. The van der Waals surface area contributed by atoms with Crippen LogP contribution in [0.3, 0.4) is 0 Å². The molecule has 0 unspecified atom stereocenters. The summed E-state index contributed by atoms with van der Waals surface area (Å²) >= 11 is 0. The van der Waals surface area contributed by atoms with Crippen LogP contribution in [0.5, 0.6) is 5.75 Å². The molecular weight excluding hydrogens is 921 g/mol. The van der Waals surface area contributed by atoms with Gasteiger partial charge >= 0.3 is 17.9 Å². The van der Waals surface area contributed by atoms with Crippen LogP contribution in [0.2, 0.25) is 0 Å². The van der Waals surface area contributed by atoms with Gasteiger partial charge in [-0.2, -0.15) is 0 Å². The zero-order valence-electron chi connectivity index (χ0n) is 38.4. The van der Waals surface area contributed by atoms with Crippen molar-refractivity contribution in [3.63, 3.8) is 0 Å². The van der Waals surface area contributed by atoms with E-state index in [4.69, 9.17) is 43.0 Å². The number of unbranched alkanes of at least 4 members (excludes halogenated alkanes) is 1. The molecule has 5 rings (SSSR count). The number of rotatable bonds is 22. The van der Waals surface area contributed by atoms with Crippen LogP contribution in [0.1, 0.15) is 44.2 Å². The van der Waals surface area contributed by atoms with Gasteiger partial charge in [0.2, 0.25) is 6.29 Å². The monoisotopic (exact) mass is 982 g/mol. The van der Waals surface area contributed by atoms with Gasteiger partial charge in [-0.1, -0.05) is 103 Å². The molecule has 3 saturated heterocycles. The zero-order chi connectivity index (χ0) is 50.7. The molecule has 3 aliphatic rings. The highest BCUT2D eigenvalue weighted by molar-refractivity contribution is 5.87. The van der Waals surface area contributed by atoms with Crippen molar-refractivity contribution in [2.75, 3.05) is 13.2 Å². The Hall–Kier alpha value is -5.43. The quantitative estimate of drug-likeness (QED) is 0.0347. The van der Waals surface area contributed by atoms with Crippen molar-refractivity contribution in [2.24, 2.45) is 0 Å². The van der Waals surface area contributed by atoms with Crippen molar-refractivity contribution in [1.29, 1.82) is 0 Å². The highest BCUT2D eigenvalue weighted by atomic mass is 16.7. The van der Waals surface area contributed by atoms with Gasteiger partial charge in [0.25, 0.3) is 0 Å². The molecular formula is C50H62O20. The van der Waals surface area contributed by atoms with E-state index in [1.807, 2.05) is 66.8 Å². The maximum atomic E-state index is 12.4. The minimum absolute atomic E-state index is 0.227. The molecule has 0 amide bonds. The molecule has 9 N–H and O–H groups in total. The van der Waals surface area contributed by atoms with Crippen molar-refractivity contribution < 1.29 is 98.2 Å². The molecule has 0 aromatic heterocycles. The van der Waals surface area contributed by atoms with Gasteiger partial charge in [0.15, 0.2) is 18.7 Å². The lowest BCUT2D eigenvalue weighted by atomic mass is 9.97. The number of benzene rings is 2. The number of carboxylic acid groups (broad SMARTS) is 1. The van der Waals surface area contributed by atoms with E-state index in [1.165, 1.54) is 19.9 Å². The lowest BCUT2D eigenvalue weighted by Gasteiger charge is -2.46. The van der Waals surface area contributed by atoms with Crippen molar-refractivity contribution in [2.45, 2.75) is 131 Å². The molecule has 2 aromatic carbocycles. The average molecular weight is 983 g/mol. The second-order valence-electron chi connectivity index (χ2n) is 16.5. The summed E-state index contributed by atoms with van der Waals surface area (Å²) in [6, 6.07) is 15.6. The van der Waals surface area contributed by atoms with E-state index < -0.39 is 129 Å². The van der Waals surface area contributed by atoms with E-state index in [2.05, 4.69) is 0 Å². The molecule has 3 aliphatic heterocycles. The first kappa shape index (κ1) is 55.5. The number of esters is 2. The molecule has 382 valence electrons. The largest absolute Gasteiger partial charge is 0.479 e. The van der Waals surface area contributed by atoms with Gasteiger partial charge in [-0.3, -0.25) is 4.79 Å². The van der Waals surface area contributed by atoms with Crippen molar-refractivity contribution in [1.82, 2.24) is 0 Å². The first-order valence-electron chi connectivity index (χ1n) is 22.6. The summed E-state index contributed by atoms with van der Waals surface area (Å²) in [6.45, 7) is 1.50. The summed E-state index contributed by atoms with van der Waals surface area (Å²) < 4.78 is 44.4. The van der Waals surface area contributed by atoms with E-state index in [9.17, 15) is 55.2 Å². The Bertz CT molecular complexity index is 2120. The maximum absolute atomic E-state index is 12.4. The van der Waals surface area contributed by atoms with Crippen LogP contribution < -0.4 is 4.74 Å². The third kappa shape index (κ3) is 16.6. The first-order chi connectivity index (χ1) is 33.5. The van der Waals surface area contributed by atoms with Gasteiger partial charge in [0, 0.05) is 13.0 Å². The number of carbonyl (C=O) groups is 3. The Morgan fingerprint density at radius 3 is 1.86 bits per heavy atom. The lowest BCUT2D eigenvalue weighted by Crippen LogP contribution is -2.64. The third-order valence-corrected chi connectivity index (χ3v) is 11.2. The molecule has 0 bridgehead atoms. The lowest BCUT2D eigenvalue weighted by molar-refractivity contribution is -0.361. The summed E-state index contributed by atoms with van der Waals surface area (Å²) in [6.07, 6.45) is -2.88. The van der Waals surface area contributed by atoms with E-state index >= 15 is 0 Å². The Morgan fingerprint density at radius 1 is 0.629 bits per heavy atom. The minimum Gasteiger partial charge on any atom is -0.479 e. The van der Waals surface area contributed by atoms with Crippen LogP contribution >= 0.6 is 0 Å². The molecule has 3 fully saturated rings. The number of carbonyl (C=O) groups excluding carboxylic acids is 2. The van der Waals surface area contributed by atoms with Crippen LogP contribution in [-0.2, 0) is 47.5 Å². The number of aliphatic carboxylic acids is 1. The standard InChI is InChI=1S/C50H62O20/c1-29-38(53)46(70-50-44(59)42(57)39(54)35(69-50)27-63-37(52)26-23-31-17-14-12-15-18-31)45(60)48(65-29)64-28-36-40(55)41(56)43(58)49(68-36)67-33-24-21-32(22-25-33)19-13-10-8-6-4-3-5-7-9-11-16-20-34(47(61)62)66-30(2)51/h3-10,12-15,17-19,21-26,29,34-36,38-46,48-50,53-60H,11,16,20,27-28H2,1-2H3,(H,61,62)/b5-3+,6-4+,9-7+,10-8+,19-13+,26-23+/t29-,34+,35+,36+,38-,39+,40+,41-,42-,43+,44+,45+,46+,48+,49+,50-/m0/s1. The van der Waals surface area contributed by atoms with Gasteiger partial charge < -0.3 is 83.9 Å². The summed E-state index contributed by atoms with van der Waals surface area (Å²) in [7, 11) is 0. The van der Waals surface area contributed by atoms with Gasteiger partial charge in [0.1, 0.15) is 79.5 Å². The van der Waals surface area contributed by atoms with Crippen molar-refractivity contribution >= 4 is 30.1 Å². The number of hydrogen-bond acceptors (Lipinski definition) is 19. The summed E-state index contributed by atoms with van der Waals surface area (Å²) in [4.78, 5) is 34.5. The second kappa shape index (κ2) is 27.8. The summed E-state index contributed by atoms with van der Waals surface area (Å²) in [5.74, 6) is -2.33. The van der Waals surface area contributed by atoms with E-state index in [0.717, 1.165) is 17.2 Å². The second-order valence-corrected chi connectivity index (χ2v) is 16.5. The summed E-state index contributed by atoms with van der Waals surface area (Å²) in [5, 5.41) is 95.5. The molecule has 20 heteroatoms. The van der Waals surface area contributed by atoms with Gasteiger partial charge in [-0.25, -0.2) is 9.59 Å². The average Bonchev–Trinajstić information content (AvgIpc) is 3.34. The molecule has 20 nitrogen and oxygen atoms in total. The predicted molar refractivity (Wildman–Crippen MR) is 247 cm³/mol. The maximum Gasteiger partial charge on any atom is 0.345 e. The Kier molecular flexibility index (Phi) is 22.1. The normalized spacial score (nSPS) is 32.3. The van der Waals surface area contributed by atoms with Gasteiger partial charge in [0.05, 0.1) is 12.7 Å². The Labute approximate surface area is 404 Å². The van der Waals surface area contributed by atoms with E-state index in [-0.39, 0.29) is 12.2 Å². The first-order valence-corrected chi connectivity index (χ1v) is 22.6. The molecule has 3 heterocycles. The van der Waals surface area contributed by atoms with E-state index in [0.29, 0.717) is 12.8 Å². The zero-order valence-corrected chi connectivity index (χ0v) is 38.4. The smallest absolute Gasteiger partial charge is 0.345 e. The van der Waals surface area contributed by atoms with Crippen LogP contribution in [0.25, 0.3) is 12.2 Å². The molecule has 0 radical (unpaired) electrons. The molecule has 0 spiro atoms. The third-order valence-electron chi connectivity index (χ3n) is 11.2. The number of aliphatic hydroxyl groups excluding tert-OH is 8. The Morgan fingerprint density at radius 2 is 1.21 bits per heavy atom. The molecule has 0 aliphatic carbocycles. The van der Waals surface area contributed by atoms with Crippen molar-refractivity contribution in [3.05, 3.63) is 126 Å². The highest BCUT2D eigenvalue weighted by Crippen LogP contribution is 2.31. The fourth-order valence-corrected chi connectivity index (χ4v) is 7.27. The number of aliphatic hydroxyl groups is 8. The fourth-order valence-electron chi connectivity index (χ4n) is 7.27. The van der Waals surface area contributed by atoms with Crippen LogP contribution in [0, 0.1) is 0 Å². The number of ether oxygens (including phenoxy) is 8. The molecule has 16 atom stereocenters. The number of carboxylic acids is 1.